The highest BCUT2D eigenvalue weighted by molar-refractivity contribution is 5.75. The van der Waals surface area contributed by atoms with Gasteiger partial charge in [-0.2, -0.15) is 0 Å². The lowest BCUT2D eigenvalue weighted by Gasteiger charge is -2.35. The van der Waals surface area contributed by atoms with E-state index in [1.54, 1.807) is 0 Å². The van der Waals surface area contributed by atoms with Crippen LogP contribution in [0.3, 0.4) is 0 Å². The van der Waals surface area contributed by atoms with Gasteiger partial charge in [0.1, 0.15) is 0 Å². The molecule has 2 aliphatic rings. The summed E-state index contributed by atoms with van der Waals surface area (Å²) in [5.74, 6) is 1.46. The van der Waals surface area contributed by atoms with Crippen LogP contribution < -0.4 is 10.6 Å². The van der Waals surface area contributed by atoms with Crippen molar-refractivity contribution in [2.45, 2.75) is 63.9 Å². The molecule has 4 heteroatoms. The topological polar surface area (TPSA) is 61.4 Å². The van der Waals surface area contributed by atoms with Crippen molar-refractivity contribution in [3.8, 4) is 0 Å². The number of aliphatic hydroxyl groups is 1. The zero-order valence-corrected chi connectivity index (χ0v) is 12.8. The quantitative estimate of drug-likeness (QED) is 0.721. The summed E-state index contributed by atoms with van der Waals surface area (Å²) in [5, 5.41) is 16.7. The number of hydrogen-bond donors (Lipinski definition) is 3. The smallest absolute Gasteiger partial charge is 0.220 e. The Hall–Kier alpha value is -0.610. The van der Waals surface area contributed by atoms with E-state index < -0.39 is 5.60 Å². The molecule has 0 aromatic heterocycles. The van der Waals surface area contributed by atoms with Crippen LogP contribution in [0.15, 0.2) is 0 Å². The van der Waals surface area contributed by atoms with Crippen LogP contribution in [0.1, 0.15) is 58.3 Å². The molecule has 2 rings (SSSR count). The van der Waals surface area contributed by atoms with Gasteiger partial charge in [0.25, 0.3) is 0 Å². The lowest BCUT2D eigenvalue weighted by molar-refractivity contribution is -0.123. The molecule has 1 aliphatic heterocycles. The number of rotatable bonds is 5. The summed E-state index contributed by atoms with van der Waals surface area (Å²) in [6, 6.07) is 0. The molecule has 20 heavy (non-hydrogen) atoms. The molecule has 1 amide bonds. The molecule has 0 radical (unpaired) electrons. The first kappa shape index (κ1) is 15.8. The normalized spacial score (nSPS) is 34.7. The number of hydrogen-bond acceptors (Lipinski definition) is 3. The fourth-order valence-electron chi connectivity index (χ4n) is 3.33. The van der Waals surface area contributed by atoms with Gasteiger partial charge in [0.2, 0.25) is 5.91 Å². The Morgan fingerprint density at radius 2 is 2.10 bits per heavy atom. The first-order chi connectivity index (χ1) is 9.57. The van der Waals surface area contributed by atoms with Gasteiger partial charge in [-0.05, 0) is 69.9 Å². The molecular formula is C16H30N2O2. The second-order valence-electron chi connectivity index (χ2n) is 6.93. The fourth-order valence-corrected chi connectivity index (χ4v) is 3.33. The van der Waals surface area contributed by atoms with Gasteiger partial charge in [0, 0.05) is 13.0 Å². The predicted molar refractivity (Wildman–Crippen MR) is 80.4 cm³/mol. The van der Waals surface area contributed by atoms with Crippen molar-refractivity contribution in [2.75, 3.05) is 19.6 Å². The molecule has 0 aromatic carbocycles. The zero-order valence-electron chi connectivity index (χ0n) is 12.8. The molecule has 4 nitrogen and oxygen atoms in total. The first-order valence-electron chi connectivity index (χ1n) is 8.27. The van der Waals surface area contributed by atoms with Gasteiger partial charge in [-0.3, -0.25) is 4.79 Å². The summed E-state index contributed by atoms with van der Waals surface area (Å²) in [4.78, 5) is 11.9. The van der Waals surface area contributed by atoms with Crippen molar-refractivity contribution in [1.82, 2.24) is 10.6 Å². The minimum Gasteiger partial charge on any atom is -0.388 e. The number of carbonyl (C=O) groups excluding carboxylic acids is 1. The van der Waals surface area contributed by atoms with Gasteiger partial charge in [-0.15, -0.1) is 0 Å². The summed E-state index contributed by atoms with van der Waals surface area (Å²) in [6.45, 7) is 4.83. The van der Waals surface area contributed by atoms with Crippen molar-refractivity contribution in [3.63, 3.8) is 0 Å². The Morgan fingerprint density at radius 3 is 2.75 bits per heavy atom. The van der Waals surface area contributed by atoms with E-state index in [4.69, 9.17) is 0 Å². The number of nitrogens with one attached hydrogen (secondary N) is 2. The van der Waals surface area contributed by atoms with E-state index in [1.165, 1.54) is 12.8 Å². The van der Waals surface area contributed by atoms with E-state index in [0.29, 0.717) is 24.8 Å². The van der Waals surface area contributed by atoms with Crippen LogP contribution in [-0.4, -0.2) is 36.2 Å². The van der Waals surface area contributed by atoms with Crippen molar-refractivity contribution in [1.29, 1.82) is 0 Å². The standard InChI is InChI=1S/C16H30N2O2/c1-13-6-8-16(20,9-7-13)12-18-15(19)5-4-14-3-2-10-17-11-14/h13-14,17,20H,2-12H2,1H3,(H,18,19). The van der Waals surface area contributed by atoms with Crippen molar-refractivity contribution in [2.24, 2.45) is 11.8 Å². The van der Waals surface area contributed by atoms with E-state index in [2.05, 4.69) is 17.6 Å². The maximum Gasteiger partial charge on any atom is 0.220 e. The average molecular weight is 282 g/mol. The van der Waals surface area contributed by atoms with E-state index in [9.17, 15) is 9.90 Å². The maximum atomic E-state index is 11.9. The Bertz CT molecular complexity index is 306. The molecule has 1 saturated carbocycles. The van der Waals surface area contributed by atoms with Crippen LogP contribution in [-0.2, 0) is 4.79 Å². The van der Waals surface area contributed by atoms with E-state index in [0.717, 1.165) is 45.2 Å². The summed E-state index contributed by atoms with van der Waals surface area (Å²) in [7, 11) is 0. The second-order valence-corrected chi connectivity index (χ2v) is 6.93. The van der Waals surface area contributed by atoms with Crippen LogP contribution in [0.5, 0.6) is 0 Å². The fraction of sp³-hybridized carbons (Fsp3) is 0.938. The molecule has 3 N–H and O–H groups in total. The lowest BCUT2D eigenvalue weighted by atomic mass is 9.79. The number of piperidine rings is 1. The van der Waals surface area contributed by atoms with Gasteiger partial charge < -0.3 is 15.7 Å². The molecule has 1 aliphatic carbocycles. The minimum absolute atomic E-state index is 0.0996. The third-order valence-corrected chi connectivity index (χ3v) is 5.00. The summed E-state index contributed by atoms with van der Waals surface area (Å²) < 4.78 is 0. The highest BCUT2D eigenvalue weighted by Crippen LogP contribution is 2.31. The Morgan fingerprint density at radius 1 is 1.35 bits per heavy atom. The monoisotopic (exact) mass is 282 g/mol. The van der Waals surface area contributed by atoms with E-state index in [1.807, 2.05) is 0 Å². The highest BCUT2D eigenvalue weighted by Gasteiger charge is 2.31. The first-order valence-corrected chi connectivity index (χ1v) is 8.27. The molecular weight excluding hydrogens is 252 g/mol. The molecule has 1 saturated heterocycles. The lowest BCUT2D eigenvalue weighted by Crippen LogP contribution is -2.45. The van der Waals surface area contributed by atoms with E-state index >= 15 is 0 Å². The summed E-state index contributed by atoms with van der Waals surface area (Å²) in [6.07, 6.45) is 7.81. The molecule has 1 unspecified atom stereocenters. The molecule has 1 atom stereocenters. The van der Waals surface area contributed by atoms with Gasteiger partial charge in [0.05, 0.1) is 5.60 Å². The largest absolute Gasteiger partial charge is 0.388 e. The number of amides is 1. The average Bonchev–Trinajstić information content (AvgIpc) is 2.48. The van der Waals surface area contributed by atoms with Crippen LogP contribution >= 0.6 is 0 Å². The van der Waals surface area contributed by atoms with Crippen molar-refractivity contribution in [3.05, 3.63) is 0 Å². The molecule has 0 spiro atoms. The number of carbonyl (C=O) groups is 1. The third-order valence-electron chi connectivity index (χ3n) is 5.00. The molecule has 1 heterocycles. The SMILES string of the molecule is CC1CCC(O)(CNC(=O)CCC2CCCNC2)CC1. The third kappa shape index (κ3) is 5.06. The second kappa shape index (κ2) is 7.41. The summed E-state index contributed by atoms with van der Waals surface area (Å²) >= 11 is 0. The molecule has 116 valence electrons. The summed E-state index contributed by atoms with van der Waals surface area (Å²) in [5.41, 5.74) is -0.658. The van der Waals surface area contributed by atoms with Crippen molar-refractivity contribution < 1.29 is 9.90 Å². The van der Waals surface area contributed by atoms with Gasteiger partial charge in [0.15, 0.2) is 0 Å². The predicted octanol–water partition coefficient (Wildman–Crippen LogP) is 1.82. The van der Waals surface area contributed by atoms with Gasteiger partial charge >= 0.3 is 0 Å². The Balaban J connectivity index is 1.62. The Labute approximate surface area is 122 Å². The molecule has 0 bridgehead atoms. The molecule has 0 aromatic rings. The maximum absolute atomic E-state index is 11.9. The molecule has 2 fully saturated rings. The minimum atomic E-state index is -0.658. The van der Waals surface area contributed by atoms with E-state index in [-0.39, 0.29) is 5.91 Å². The Kier molecular flexibility index (Phi) is 5.85. The highest BCUT2D eigenvalue weighted by atomic mass is 16.3. The van der Waals surface area contributed by atoms with Crippen LogP contribution in [0.25, 0.3) is 0 Å². The van der Waals surface area contributed by atoms with Crippen LogP contribution in [0, 0.1) is 11.8 Å². The van der Waals surface area contributed by atoms with Gasteiger partial charge in [-0.25, -0.2) is 0 Å². The van der Waals surface area contributed by atoms with Crippen LogP contribution in [0.2, 0.25) is 0 Å². The van der Waals surface area contributed by atoms with Gasteiger partial charge in [-0.1, -0.05) is 6.92 Å². The van der Waals surface area contributed by atoms with Crippen molar-refractivity contribution >= 4 is 5.91 Å². The zero-order chi connectivity index (χ0) is 14.4. The van der Waals surface area contributed by atoms with Crippen LogP contribution in [0.4, 0.5) is 0 Å².